The number of aromatic nitrogens is 2. The summed E-state index contributed by atoms with van der Waals surface area (Å²) in [6, 6.07) is 6.80. The van der Waals surface area contributed by atoms with Crippen LogP contribution in [-0.2, 0) is 6.18 Å². The van der Waals surface area contributed by atoms with Crippen molar-refractivity contribution in [3.63, 3.8) is 0 Å². The molecule has 0 saturated carbocycles. The molecule has 2 aromatic rings. The minimum atomic E-state index is -4.43. The zero-order valence-electron chi connectivity index (χ0n) is 9.17. The van der Waals surface area contributed by atoms with Crippen molar-refractivity contribution in [2.24, 2.45) is 0 Å². The molecule has 0 radical (unpaired) electrons. The van der Waals surface area contributed by atoms with Crippen LogP contribution in [0.2, 0.25) is 5.15 Å². The first-order chi connectivity index (χ1) is 8.86. The van der Waals surface area contributed by atoms with E-state index in [9.17, 15) is 13.2 Å². The van der Waals surface area contributed by atoms with E-state index in [4.69, 9.17) is 11.6 Å². The van der Waals surface area contributed by atoms with Gasteiger partial charge in [-0.05, 0) is 30.3 Å². The number of hydrogen-bond acceptors (Lipinski definition) is 3. The van der Waals surface area contributed by atoms with Crippen LogP contribution >= 0.6 is 27.5 Å². The Kier molecular flexibility index (Phi) is 3.96. The van der Waals surface area contributed by atoms with Crippen molar-refractivity contribution in [3.05, 3.63) is 45.5 Å². The predicted molar refractivity (Wildman–Crippen MR) is 69.5 cm³/mol. The van der Waals surface area contributed by atoms with E-state index in [0.29, 0.717) is 5.82 Å². The Balaban J connectivity index is 2.29. The summed E-state index contributed by atoms with van der Waals surface area (Å²) in [4.78, 5) is 0. The summed E-state index contributed by atoms with van der Waals surface area (Å²) >= 11 is 8.43. The van der Waals surface area contributed by atoms with E-state index >= 15 is 0 Å². The van der Waals surface area contributed by atoms with Gasteiger partial charge < -0.3 is 5.32 Å². The SMILES string of the molecule is FC(F)(F)c1cc(Nc2ccc(Cl)nn2)ccc1Br. The third-order valence-electron chi connectivity index (χ3n) is 2.18. The van der Waals surface area contributed by atoms with E-state index in [1.807, 2.05) is 0 Å². The van der Waals surface area contributed by atoms with Gasteiger partial charge in [-0.25, -0.2) is 0 Å². The first-order valence-corrected chi connectivity index (χ1v) is 6.16. The fourth-order valence-electron chi connectivity index (χ4n) is 1.35. The highest BCUT2D eigenvalue weighted by Gasteiger charge is 2.33. The van der Waals surface area contributed by atoms with Gasteiger partial charge in [0.25, 0.3) is 0 Å². The minimum Gasteiger partial charge on any atom is -0.339 e. The second-order valence-electron chi connectivity index (χ2n) is 3.56. The van der Waals surface area contributed by atoms with Gasteiger partial charge in [0.1, 0.15) is 0 Å². The molecule has 0 aliphatic rings. The molecule has 2 rings (SSSR count). The second kappa shape index (κ2) is 5.34. The van der Waals surface area contributed by atoms with Crippen LogP contribution < -0.4 is 5.32 Å². The van der Waals surface area contributed by atoms with Crippen molar-refractivity contribution < 1.29 is 13.2 Å². The molecule has 1 heterocycles. The zero-order chi connectivity index (χ0) is 14.0. The van der Waals surface area contributed by atoms with Gasteiger partial charge in [-0.1, -0.05) is 27.5 Å². The number of hydrogen-bond donors (Lipinski definition) is 1. The summed E-state index contributed by atoms with van der Waals surface area (Å²) in [6.45, 7) is 0. The Bertz CT molecular complexity index is 587. The first-order valence-electron chi connectivity index (χ1n) is 4.99. The van der Waals surface area contributed by atoms with Crippen molar-refractivity contribution in [2.45, 2.75) is 6.18 Å². The van der Waals surface area contributed by atoms with E-state index in [-0.39, 0.29) is 15.3 Å². The maximum absolute atomic E-state index is 12.7. The Morgan fingerprint density at radius 2 is 1.84 bits per heavy atom. The lowest BCUT2D eigenvalue weighted by atomic mass is 10.2. The van der Waals surface area contributed by atoms with Crippen LogP contribution in [0.1, 0.15) is 5.56 Å². The van der Waals surface area contributed by atoms with E-state index in [1.165, 1.54) is 24.3 Å². The summed E-state index contributed by atoms with van der Waals surface area (Å²) in [6.07, 6.45) is -4.43. The number of nitrogens with one attached hydrogen (secondary N) is 1. The number of benzene rings is 1. The maximum atomic E-state index is 12.7. The lowest BCUT2D eigenvalue weighted by molar-refractivity contribution is -0.138. The number of nitrogens with zero attached hydrogens (tertiary/aromatic N) is 2. The Labute approximate surface area is 119 Å². The largest absolute Gasteiger partial charge is 0.417 e. The first kappa shape index (κ1) is 14.1. The Morgan fingerprint density at radius 1 is 1.11 bits per heavy atom. The number of anilines is 2. The highest BCUT2D eigenvalue weighted by Crippen LogP contribution is 2.36. The Morgan fingerprint density at radius 3 is 2.42 bits per heavy atom. The van der Waals surface area contributed by atoms with Crippen LogP contribution in [0.5, 0.6) is 0 Å². The molecule has 8 heteroatoms. The fraction of sp³-hybridized carbons (Fsp3) is 0.0909. The summed E-state index contributed by atoms with van der Waals surface area (Å²) in [5.41, 5.74) is -0.508. The van der Waals surface area contributed by atoms with Crippen molar-refractivity contribution >= 4 is 39.0 Å². The number of halogens is 5. The smallest absolute Gasteiger partial charge is 0.339 e. The van der Waals surface area contributed by atoms with Gasteiger partial charge in [0.05, 0.1) is 5.56 Å². The van der Waals surface area contributed by atoms with Gasteiger partial charge in [-0.3, -0.25) is 0 Å². The molecule has 0 fully saturated rings. The quantitative estimate of drug-likeness (QED) is 0.854. The molecule has 3 nitrogen and oxygen atoms in total. The van der Waals surface area contributed by atoms with Gasteiger partial charge >= 0.3 is 6.18 Å². The summed E-state index contributed by atoms with van der Waals surface area (Å²) in [5, 5.41) is 10.2. The summed E-state index contributed by atoms with van der Waals surface area (Å²) in [7, 11) is 0. The van der Waals surface area contributed by atoms with Crippen LogP contribution in [0, 0.1) is 0 Å². The van der Waals surface area contributed by atoms with Crippen LogP contribution in [0.4, 0.5) is 24.7 Å². The highest BCUT2D eigenvalue weighted by molar-refractivity contribution is 9.10. The lowest BCUT2D eigenvalue weighted by Crippen LogP contribution is -2.07. The molecule has 0 spiro atoms. The average Bonchev–Trinajstić information content (AvgIpc) is 2.33. The van der Waals surface area contributed by atoms with Crippen molar-refractivity contribution in [1.82, 2.24) is 10.2 Å². The number of alkyl halides is 3. The summed E-state index contributed by atoms with van der Waals surface area (Å²) in [5.74, 6) is 0.305. The standard InChI is InChI=1S/C11H6BrClF3N3/c12-8-2-1-6(5-7(8)11(14,15)16)17-10-4-3-9(13)18-19-10/h1-5H,(H,17,19). The normalized spacial score (nSPS) is 11.4. The molecule has 0 bridgehead atoms. The number of rotatable bonds is 2. The van der Waals surface area contributed by atoms with Gasteiger partial charge in [-0.15, -0.1) is 10.2 Å². The molecule has 0 aliphatic carbocycles. The molecule has 1 aromatic heterocycles. The van der Waals surface area contributed by atoms with Gasteiger partial charge in [0.2, 0.25) is 0 Å². The molecule has 100 valence electrons. The third kappa shape index (κ3) is 3.57. The van der Waals surface area contributed by atoms with Gasteiger partial charge in [-0.2, -0.15) is 13.2 Å². The third-order valence-corrected chi connectivity index (χ3v) is 3.07. The molecule has 0 amide bonds. The molecular formula is C11H6BrClF3N3. The van der Waals surface area contributed by atoms with E-state index in [0.717, 1.165) is 6.07 Å². The molecule has 0 unspecified atom stereocenters. The van der Waals surface area contributed by atoms with E-state index in [2.05, 4.69) is 31.4 Å². The van der Waals surface area contributed by atoms with Crippen LogP contribution in [0.25, 0.3) is 0 Å². The lowest BCUT2D eigenvalue weighted by Gasteiger charge is -2.11. The minimum absolute atomic E-state index is 0.0206. The highest BCUT2D eigenvalue weighted by atomic mass is 79.9. The zero-order valence-corrected chi connectivity index (χ0v) is 11.5. The van der Waals surface area contributed by atoms with Crippen molar-refractivity contribution in [3.8, 4) is 0 Å². The van der Waals surface area contributed by atoms with Crippen molar-refractivity contribution in [2.75, 3.05) is 5.32 Å². The van der Waals surface area contributed by atoms with Gasteiger partial charge in [0.15, 0.2) is 11.0 Å². The molecular weight excluding hydrogens is 346 g/mol. The average molecular weight is 353 g/mol. The maximum Gasteiger partial charge on any atom is 0.417 e. The molecule has 19 heavy (non-hydrogen) atoms. The Hall–Kier alpha value is -1.34. The van der Waals surface area contributed by atoms with Crippen molar-refractivity contribution in [1.29, 1.82) is 0 Å². The van der Waals surface area contributed by atoms with E-state index in [1.54, 1.807) is 0 Å². The van der Waals surface area contributed by atoms with E-state index < -0.39 is 11.7 Å². The molecule has 1 aromatic carbocycles. The molecule has 0 atom stereocenters. The molecule has 0 aliphatic heterocycles. The fourth-order valence-corrected chi connectivity index (χ4v) is 1.92. The monoisotopic (exact) mass is 351 g/mol. The second-order valence-corrected chi connectivity index (χ2v) is 4.80. The molecule has 0 saturated heterocycles. The van der Waals surface area contributed by atoms with Crippen LogP contribution in [-0.4, -0.2) is 10.2 Å². The molecule has 1 N–H and O–H groups in total. The van der Waals surface area contributed by atoms with Crippen LogP contribution in [0.3, 0.4) is 0 Å². The topological polar surface area (TPSA) is 37.8 Å². The predicted octanol–water partition coefficient (Wildman–Crippen LogP) is 4.65. The summed E-state index contributed by atoms with van der Waals surface area (Å²) < 4.78 is 38.1. The van der Waals surface area contributed by atoms with Crippen LogP contribution in [0.15, 0.2) is 34.8 Å². The van der Waals surface area contributed by atoms with Gasteiger partial charge in [0, 0.05) is 10.2 Å².